The molecule has 2 amide bonds. The number of hydrogen-bond donors (Lipinski definition) is 1. The van der Waals surface area contributed by atoms with E-state index in [1.807, 2.05) is 12.1 Å². The molecule has 1 atom stereocenters. The maximum absolute atomic E-state index is 12.5. The van der Waals surface area contributed by atoms with Gasteiger partial charge in [-0.1, -0.05) is 37.2 Å². The molecular formula is C30H37N5O4. The van der Waals surface area contributed by atoms with Gasteiger partial charge in [-0.25, -0.2) is 4.79 Å². The Hall–Kier alpha value is -3.43. The number of rotatable bonds is 5. The Kier molecular flexibility index (Phi) is 7.03. The van der Waals surface area contributed by atoms with E-state index in [9.17, 15) is 4.79 Å². The van der Waals surface area contributed by atoms with Gasteiger partial charge in [0.15, 0.2) is 5.82 Å². The van der Waals surface area contributed by atoms with Gasteiger partial charge in [0.1, 0.15) is 11.4 Å². The first-order chi connectivity index (χ1) is 18.9. The van der Waals surface area contributed by atoms with Crippen LogP contribution in [0.15, 0.2) is 47.0 Å². The van der Waals surface area contributed by atoms with E-state index in [0.29, 0.717) is 32.2 Å². The van der Waals surface area contributed by atoms with Crippen LogP contribution in [0.1, 0.15) is 62.9 Å². The van der Waals surface area contributed by atoms with Gasteiger partial charge < -0.3 is 24.2 Å². The lowest BCUT2D eigenvalue weighted by Gasteiger charge is -2.40. The van der Waals surface area contributed by atoms with Gasteiger partial charge in [-0.2, -0.15) is 4.98 Å². The third kappa shape index (κ3) is 5.38. The molecule has 6 rings (SSSR count). The highest BCUT2D eigenvalue weighted by Crippen LogP contribution is 2.43. The molecule has 2 saturated heterocycles. The van der Waals surface area contributed by atoms with Crippen molar-refractivity contribution >= 4 is 11.7 Å². The number of amides is 2. The minimum absolute atomic E-state index is 0.0798. The molecule has 1 spiro atoms. The van der Waals surface area contributed by atoms with E-state index in [0.717, 1.165) is 60.7 Å². The van der Waals surface area contributed by atoms with Crippen molar-refractivity contribution < 1.29 is 18.8 Å². The number of benzene rings is 2. The van der Waals surface area contributed by atoms with Crippen molar-refractivity contribution in [3.05, 3.63) is 59.7 Å². The Bertz CT molecular complexity index is 1310. The van der Waals surface area contributed by atoms with Crippen molar-refractivity contribution in [1.82, 2.24) is 19.9 Å². The molecule has 0 bridgehead atoms. The summed E-state index contributed by atoms with van der Waals surface area (Å²) < 4.78 is 17.5. The molecule has 2 aromatic carbocycles. The third-order valence-electron chi connectivity index (χ3n) is 8.26. The third-order valence-corrected chi connectivity index (χ3v) is 8.26. The standard InChI is InChI=1S/C30H37N5O4/c1-20(2)27-32-28(39-33-27)21(3)34-12-10-30(11-13-34)19-24-18-23(6-9-26(24)38-30)22-4-7-25(8-5-22)31-29(36)35-14-16-37-17-15-35/h4-9,18,20-21H,10-17,19H2,1-3H3,(H,31,36). The number of likely N-dealkylation sites (tertiary alicyclic amines) is 1. The van der Waals surface area contributed by atoms with Crippen LogP contribution >= 0.6 is 0 Å². The van der Waals surface area contributed by atoms with Gasteiger partial charge in [-0.05, 0) is 47.9 Å². The van der Waals surface area contributed by atoms with E-state index in [1.54, 1.807) is 4.90 Å². The number of nitrogens with zero attached hydrogens (tertiary/aromatic N) is 4. The van der Waals surface area contributed by atoms with Crippen molar-refractivity contribution in [1.29, 1.82) is 0 Å². The van der Waals surface area contributed by atoms with E-state index in [1.165, 1.54) is 5.56 Å². The number of piperidine rings is 1. The predicted molar refractivity (Wildman–Crippen MR) is 148 cm³/mol. The zero-order chi connectivity index (χ0) is 27.0. The van der Waals surface area contributed by atoms with Crippen molar-refractivity contribution in [3.8, 4) is 16.9 Å². The Labute approximate surface area is 229 Å². The van der Waals surface area contributed by atoms with E-state index >= 15 is 0 Å². The van der Waals surface area contributed by atoms with E-state index in [2.05, 4.69) is 71.5 Å². The number of hydrogen-bond acceptors (Lipinski definition) is 7. The fraction of sp³-hybridized carbons (Fsp3) is 0.500. The number of carbonyl (C=O) groups excluding carboxylic acids is 1. The van der Waals surface area contributed by atoms with Gasteiger partial charge in [0, 0.05) is 57.0 Å². The van der Waals surface area contributed by atoms with Gasteiger partial charge >= 0.3 is 6.03 Å². The summed E-state index contributed by atoms with van der Waals surface area (Å²) in [5.74, 6) is 2.71. The number of morpholine rings is 1. The van der Waals surface area contributed by atoms with Crippen LogP contribution in [-0.2, 0) is 11.2 Å². The smallest absolute Gasteiger partial charge is 0.321 e. The second kappa shape index (κ2) is 10.6. The van der Waals surface area contributed by atoms with Crippen molar-refractivity contribution in [2.24, 2.45) is 0 Å². The molecule has 0 saturated carbocycles. The van der Waals surface area contributed by atoms with Crippen molar-refractivity contribution in [2.45, 2.75) is 57.6 Å². The first-order valence-corrected chi connectivity index (χ1v) is 14.0. The van der Waals surface area contributed by atoms with Gasteiger partial charge in [0.2, 0.25) is 5.89 Å². The van der Waals surface area contributed by atoms with E-state index in [-0.39, 0.29) is 23.6 Å². The average molecular weight is 532 g/mol. The molecule has 2 fully saturated rings. The first-order valence-electron chi connectivity index (χ1n) is 14.0. The SMILES string of the molecule is CC(C)c1noc(C(C)N2CCC3(CC2)Cc2cc(-c4ccc(NC(=O)N5CCOCC5)cc4)ccc2O3)n1. The lowest BCUT2D eigenvalue weighted by molar-refractivity contribution is 0.00324. The van der Waals surface area contributed by atoms with Crippen LogP contribution in [0.3, 0.4) is 0 Å². The zero-order valence-electron chi connectivity index (χ0n) is 23.0. The maximum atomic E-state index is 12.5. The highest BCUT2D eigenvalue weighted by atomic mass is 16.5. The molecule has 0 radical (unpaired) electrons. The molecule has 206 valence electrons. The lowest BCUT2D eigenvalue weighted by atomic mass is 9.86. The van der Waals surface area contributed by atoms with Crippen LogP contribution in [0.5, 0.6) is 5.75 Å². The molecule has 39 heavy (non-hydrogen) atoms. The van der Waals surface area contributed by atoms with E-state index in [4.69, 9.17) is 14.0 Å². The molecular weight excluding hydrogens is 494 g/mol. The normalized spacial score (nSPS) is 19.6. The fourth-order valence-electron chi connectivity index (χ4n) is 5.73. The quantitative estimate of drug-likeness (QED) is 0.480. The summed E-state index contributed by atoms with van der Waals surface area (Å²) in [6.45, 7) is 10.6. The van der Waals surface area contributed by atoms with Crippen LogP contribution in [0.25, 0.3) is 11.1 Å². The Morgan fingerprint density at radius 1 is 0.974 bits per heavy atom. The number of carbonyl (C=O) groups is 1. The number of fused-ring (bicyclic) bond motifs is 1. The van der Waals surface area contributed by atoms with Crippen LogP contribution in [0, 0.1) is 0 Å². The molecule has 3 aliphatic heterocycles. The molecule has 0 aliphatic carbocycles. The number of anilines is 1. The second-order valence-corrected chi connectivity index (χ2v) is 11.2. The molecule has 3 aromatic rings. The lowest BCUT2D eigenvalue weighted by Crippen LogP contribution is -2.47. The average Bonchev–Trinajstić information content (AvgIpc) is 3.59. The van der Waals surface area contributed by atoms with Crippen LogP contribution in [0.4, 0.5) is 10.5 Å². The highest BCUT2D eigenvalue weighted by Gasteiger charge is 2.43. The monoisotopic (exact) mass is 531 g/mol. The summed E-state index contributed by atoms with van der Waals surface area (Å²) in [4.78, 5) is 21.3. The zero-order valence-corrected chi connectivity index (χ0v) is 23.0. The summed E-state index contributed by atoms with van der Waals surface area (Å²) >= 11 is 0. The maximum Gasteiger partial charge on any atom is 0.321 e. The minimum Gasteiger partial charge on any atom is -0.487 e. The summed E-state index contributed by atoms with van der Waals surface area (Å²) in [5.41, 5.74) is 4.18. The summed E-state index contributed by atoms with van der Waals surface area (Å²) in [6.07, 6.45) is 2.85. The summed E-state index contributed by atoms with van der Waals surface area (Å²) in [5, 5.41) is 7.13. The number of aromatic nitrogens is 2. The Morgan fingerprint density at radius 2 is 1.69 bits per heavy atom. The predicted octanol–water partition coefficient (Wildman–Crippen LogP) is 5.25. The van der Waals surface area contributed by atoms with Crippen molar-refractivity contribution in [2.75, 3.05) is 44.7 Å². The topological polar surface area (TPSA) is 93.0 Å². The van der Waals surface area contributed by atoms with Gasteiger partial charge in [0.05, 0.1) is 19.3 Å². The second-order valence-electron chi connectivity index (χ2n) is 11.2. The van der Waals surface area contributed by atoms with Crippen LogP contribution in [-0.4, -0.2) is 71.0 Å². The van der Waals surface area contributed by atoms with Gasteiger partial charge in [-0.15, -0.1) is 0 Å². The molecule has 4 heterocycles. The fourth-order valence-corrected chi connectivity index (χ4v) is 5.73. The molecule has 3 aliphatic rings. The molecule has 1 aromatic heterocycles. The molecule has 1 unspecified atom stereocenters. The van der Waals surface area contributed by atoms with Gasteiger partial charge in [0.25, 0.3) is 0 Å². The van der Waals surface area contributed by atoms with Crippen molar-refractivity contribution in [3.63, 3.8) is 0 Å². The number of nitrogens with one attached hydrogen (secondary N) is 1. The number of urea groups is 1. The largest absolute Gasteiger partial charge is 0.487 e. The molecule has 9 nitrogen and oxygen atoms in total. The first kappa shape index (κ1) is 25.8. The van der Waals surface area contributed by atoms with Crippen LogP contribution in [0.2, 0.25) is 0 Å². The Balaban J connectivity index is 1.07. The Morgan fingerprint density at radius 3 is 2.38 bits per heavy atom. The van der Waals surface area contributed by atoms with Crippen LogP contribution < -0.4 is 10.1 Å². The van der Waals surface area contributed by atoms with E-state index < -0.39 is 0 Å². The minimum atomic E-state index is -0.150. The molecule has 1 N–H and O–H groups in total. The molecule has 9 heteroatoms. The summed E-state index contributed by atoms with van der Waals surface area (Å²) in [6, 6.07) is 14.5. The summed E-state index contributed by atoms with van der Waals surface area (Å²) in [7, 11) is 0. The highest BCUT2D eigenvalue weighted by molar-refractivity contribution is 5.89. The number of ether oxygens (including phenoxy) is 2. The van der Waals surface area contributed by atoms with Gasteiger partial charge in [-0.3, -0.25) is 4.90 Å².